The average Bonchev–Trinajstić information content (AvgIpc) is 2.83. The van der Waals surface area contributed by atoms with E-state index in [-0.39, 0.29) is 25.8 Å². The fourth-order valence-corrected chi connectivity index (χ4v) is 3.25. The first kappa shape index (κ1) is 28.5. The molecular formula is C27H34N2O7. The molecule has 0 spiro atoms. The van der Waals surface area contributed by atoms with Crippen molar-refractivity contribution in [2.24, 2.45) is 5.41 Å². The molecule has 0 bridgehead atoms. The summed E-state index contributed by atoms with van der Waals surface area (Å²) < 4.78 is 10.3. The molecule has 0 saturated carbocycles. The molecule has 2 aromatic carbocycles. The Bertz CT molecular complexity index is 1000. The Morgan fingerprint density at radius 1 is 0.833 bits per heavy atom. The molecule has 2 atom stereocenters. The Kier molecular flexibility index (Phi) is 11.1. The van der Waals surface area contributed by atoms with Crippen LogP contribution in [0.15, 0.2) is 60.7 Å². The normalized spacial score (nSPS) is 12.8. The first-order chi connectivity index (χ1) is 17.1. The lowest BCUT2D eigenvalue weighted by atomic mass is 9.98. The van der Waals surface area contributed by atoms with Crippen LogP contribution in [-0.4, -0.2) is 54.3 Å². The van der Waals surface area contributed by atoms with Crippen LogP contribution >= 0.6 is 0 Å². The van der Waals surface area contributed by atoms with E-state index in [2.05, 4.69) is 10.6 Å². The molecule has 0 aliphatic rings. The fourth-order valence-electron chi connectivity index (χ4n) is 3.25. The van der Waals surface area contributed by atoms with Crippen LogP contribution in [0.5, 0.6) is 0 Å². The average molecular weight is 499 g/mol. The highest BCUT2D eigenvalue weighted by Gasteiger charge is 2.29. The second-order valence-corrected chi connectivity index (χ2v) is 9.35. The van der Waals surface area contributed by atoms with Crippen molar-refractivity contribution in [3.63, 3.8) is 0 Å². The van der Waals surface area contributed by atoms with E-state index in [9.17, 15) is 19.2 Å². The van der Waals surface area contributed by atoms with E-state index in [4.69, 9.17) is 14.6 Å². The van der Waals surface area contributed by atoms with E-state index in [0.29, 0.717) is 0 Å². The van der Waals surface area contributed by atoms with Crippen LogP contribution in [0.4, 0.5) is 0 Å². The quantitative estimate of drug-likeness (QED) is 0.284. The standard InChI is InChI=1S/C27H34N2O7/c1-27(2,3)26(34)36-18-35-25(33)22(17-20-12-8-5-9-13-20)29-21(16-19-10-6-4-7-11-19)24(32)28-15-14-23(30)31/h4-13,21-22,29H,14-18H2,1-3H3,(H,28,32)(H,30,31)/t21-,22?/m0/s1. The van der Waals surface area contributed by atoms with Crippen molar-refractivity contribution in [3.05, 3.63) is 71.8 Å². The summed E-state index contributed by atoms with van der Waals surface area (Å²) in [4.78, 5) is 48.8. The molecule has 1 amide bonds. The molecular weight excluding hydrogens is 464 g/mol. The predicted octanol–water partition coefficient (Wildman–Crippen LogP) is 2.48. The van der Waals surface area contributed by atoms with Crippen LogP contribution in [0.25, 0.3) is 0 Å². The van der Waals surface area contributed by atoms with Gasteiger partial charge in [-0.15, -0.1) is 0 Å². The first-order valence-corrected chi connectivity index (χ1v) is 11.7. The fraction of sp³-hybridized carbons (Fsp3) is 0.407. The van der Waals surface area contributed by atoms with E-state index in [1.165, 1.54) is 0 Å². The Morgan fingerprint density at radius 3 is 1.86 bits per heavy atom. The van der Waals surface area contributed by atoms with Crippen molar-refractivity contribution < 1.29 is 33.8 Å². The topological polar surface area (TPSA) is 131 Å². The Hall–Kier alpha value is -3.72. The molecule has 0 aliphatic heterocycles. The lowest BCUT2D eigenvalue weighted by Gasteiger charge is -2.25. The van der Waals surface area contributed by atoms with Gasteiger partial charge in [0.05, 0.1) is 17.9 Å². The molecule has 0 aliphatic carbocycles. The maximum Gasteiger partial charge on any atom is 0.326 e. The number of amides is 1. The van der Waals surface area contributed by atoms with Gasteiger partial charge < -0.3 is 19.9 Å². The van der Waals surface area contributed by atoms with E-state index >= 15 is 0 Å². The van der Waals surface area contributed by atoms with Crippen molar-refractivity contribution >= 4 is 23.8 Å². The van der Waals surface area contributed by atoms with Gasteiger partial charge in [0.2, 0.25) is 12.7 Å². The Morgan fingerprint density at radius 2 is 1.36 bits per heavy atom. The van der Waals surface area contributed by atoms with Gasteiger partial charge in [0.15, 0.2) is 0 Å². The molecule has 36 heavy (non-hydrogen) atoms. The maximum atomic E-state index is 13.0. The van der Waals surface area contributed by atoms with E-state index < -0.39 is 48.1 Å². The highest BCUT2D eigenvalue weighted by Crippen LogP contribution is 2.15. The highest BCUT2D eigenvalue weighted by atomic mass is 16.7. The van der Waals surface area contributed by atoms with Crippen LogP contribution in [0.3, 0.4) is 0 Å². The zero-order chi connectivity index (χ0) is 26.6. The molecule has 2 aromatic rings. The minimum absolute atomic E-state index is 0.0440. The second kappa shape index (κ2) is 14.0. The number of benzene rings is 2. The number of carboxylic acids is 1. The molecule has 9 nitrogen and oxygen atoms in total. The minimum atomic E-state index is -1.03. The molecule has 194 valence electrons. The molecule has 0 heterocycles. The van der Waals surface area contributed by atoms with Gasteiger partial charge in [-0.05, 0) is 44.7 Å². The van der Waals surface area contributed by atoms with Gasteiger partial charge in [0.1, 0.15) is 6.04 Å². The minimum Gasteiger partial charge on any atom is -0.481 e. The number of rotatable bonds is 13. The third-order valence-electron chi connectivity index (χ3n) is 5.21. The number of aliphatic carboxylic acids is 1. The van der Waals surface area contributed by atoms with Gasteiger partial charge in [0.25, 0.3) is 0 Å². The van der Waals surface area contributed by atoms with Crippen molar-refractivity contribution in [1.82, 2.24) is 10.6 Å². The van der Waals surface area contributed by atoms with Crippen molar-refractivity contribution in [1.29, 1.82) is 0 Å². The van der Waals surface area contributed by atoms with Crippen LogP contribution in [0.1, 0.15) is 38.3 Å². The number of carboxylic acid groups (broad SMARTS) is 1. The van der Waals surface area contributed by atoms with Crippen molar-refractivity contribution in [2.45, 2.75) is 52.1 Å². The predicted molar refractivity (Wildman–Crippen MR) is 133 cm³/mol. The summed E-state index contributed by atoms with van der Waals surface area (Å²) in [6, 6.07) is 16.7. The Balaban J connectivity index is 2.18. The van der Waals surface area contributed by atoms with Crippen molar-refractivity contribution in [2.75, 3.05) is 13.3 Å². The van der Waals surface area contributed by atoms with Gasteiger partial charge >= 0.3 is 17.9 Å². The largest absolute Gasteiger partial charge is 0.481 e. The molecule has 3 N–H and O–H groups in total. The smallest absolute Gasteiger partial charge is 0.326 e. The molecule has 0 fully saturated rings. The van der Waals surface area contributed by atoms with Crippen molar-refractivity contribution in [3.8, 4) is 0 Å². The number of ether oxygens (including phenoxy) is 2. The molecule has 1 unspecified atom stereocenters. The van der Waals surface area contributed by atoms with Gasteiger partial charge in [-0.2, -0.15) is 0 Å². The zero-order valence-corrected chi connectivity index (χ0v) is 20.9. The first-order valence-electron chi connectivity index (χ1n) is 11.7. The van der Waals surface area contributed by atoms with Crippen LogP contribution < -0.4 is 10.6 Å². The number of carbonyl (C=O) groups is 4. The lowest BCUT2D eigenvalue weighted by molar-refractivity contribution is -0.174. The molecule has 2 rings (SSSR count). The summed E-state index contributed by atoms with van der Waals surface area (Å²) in [5.74, 6) is -2.66. The third kappa shape index (κ3) is 10.3. The van der Waals surface area contributed by atoms with Gasteiger partial charge in [-0.1, -0.05) is 60.7 Å². The number of hydrogen-bond donors (Lipinski definition) is 3. The van der Waals surface area contributed by atoms with Crippen LogP contribution in [-0.2, 0) is 41.5 Å². The summed E-state index contributed by atoms with van der Waals surface area (Å²) >= 11 is 0. The number of esters is 2. The highest BCUT2D eigenvalue weighted by molar-refractivity contribution is 5.84. The maximum absolute atomic E-state index is 13.0. The molecule has 0 aromatic heterocycles. The van der Waals surface area contributed by atoms with E-state index in [1.807, 2.05) is 60.7 Å². The molecule has 9 heteroatoms. The van der Waals surface area contributed by atoms with Crippen LogP contribution in [0.2, 0.25) is 0 Å². The monoisotopic (exact) mass is 498 g/mol. The number of nitrogens with one attached hydrogen (secondary N) is 2. The van der Waals surface area contributed by atoms with Gasteiger partial charge in [0, 0.05) is 6.54 Å². The summed E-state index contributed by atoms with van der Waals surface area (Å²) in [6.07, 6.45) is 0.260. The lowest BCUT2D eigenvalue weighted by Crippen LogP contribution is -2.53. The third-order valence-corrected chi connectivity index (χ3v) is 5.21. The zero-order valence-electron chi connectivity index (χ0n) is 20.9. The Labute approximate surface area is 211 Å². The second-order valence-electron chi connectivity index (χ2n) is 9.35. The molecule has 0 saturated heterocycles. The SMILES string of the molecule is CC(C)(C)C(=O)OCOC(=O)C(Cc1ccccc1)N[C@@H](Cc1ccccc1)C(=O)NCCC(=O)O. The molecule has 0 radical (unpaired) electrons. The number of hydrogen-bond acceptors (Lipinski definition) is 7. The number of carbonyl (C=O) groups excluding carboxylic acids is 3. The summed E-state index contributed by atoms with van der Waals surface area (Å²) in [6.45, 7) is 4.48. The van der Waals surface area contributed by atoms with E-state index in [0.717, 1.165) is 11.1 Å². The summed E-state index contributed by atoms with van der Waals surface area (Å²) in [7, 11) is 0. The summed E-state index contributed by atoms with van der Waals surface area (Å²) in [5, 5.41) is 14.6. The van der Waals surface area contributed by atoms with Gasteiger partial charge in [-0.3, -0.25) is 24.5 Å². The van der Waals surface area contributed by atoms with Gasteiger partial charge in [-0.25, -0.2) is 0 Å². The van der Waals surface area contributed by atoms with E-state index in [1.54, 1.807) is 20.8 Å². The summed E-state index contributed by atoms with van der Waals surface area (Å²) in [5.41, 5.74) is 0.945. The van der Waals surface area contributed by atoms with Crippen LogP contribution in [0, 0.1) is 5.41 Å².